The number of hydrogen-bond donors (Lipinski definition) is 2. The summed E-state index contributed by atoms with van der Waals surface area (Å²) in [6, 6.07) is 14.3. The summed E-state index contributed by atoms with van der Waals surface area (Å²) in [5.41, 5.74) is 7.45. The standard InChI is InChI=1S/C22H29ClN4O4S/c1-32(30,31)27(20-6-2-17(3-7-20)14-22(24)29)16-21(28)15-25-10-12-26(13-11-25)19-8-4-18(23)5-9-19/h2-9,21,28H,10-16H2,1H3,(H2,24,29). The fourth-order valence-corrected chi connectivity index (χ4v) is 4.87. The number of piperazine rings is 1. The minimum atomic E-state index is -3.59. The normalized spacial score (nSPS) is 16.0. The van der Waals surface area contributed by atoms with Crippen molar-refractivity contribution in [1.82, 2.24) is 4.90 Å². The van der Waals surface area contributed by atoms with E-state index in [9.17, 15) is 18.3 Å². The zero-order valence-electron chi connectivity index (χ0n) is 18.0. The molecule has 0 aliphatic carbocycles. The number of carbonyl (C=O) groups is 1. The van der Waals surface area contributed by atoms with Gasteiger partial charge in [0.05, 0.1) is 31.0 Å². The second-order valence-electron chi connectivity index (χ2n) is 8.02. The fraction of sp³-hybridized carbons (Fsp3) is 0.409. The number of halogens is 1. The molecule has 10 heteroatoms. The van der Waals surface area contributed by atoms with E-state index in [4.69, 9.17) is 17.3 Å². The van der Waals surface area contributed by atoms with Gasteiger partial charge in [-0.3, -0.25) is 14.0 Å². The van der Waals surface area contributed by atoms with E-state index in [1.807, 2.05) is 24.3 Å². The summed E-state index contributed by atoms with van der Waals surface area (Å²) in [4.78, 5) is 15.5. The monoisotopic (exact) mass is 480 g/mol. The molecule has 1 aliphatic rings. The Kier molecular flexibility index (Phi) is 8.00. The number of β-amino-alcohol motifs (C(OH)–C–C–N with tert-alkyl or cyclic N) is 1. The number of aliphatic hydroxyl groups excluding tert-OH is 1. The Morgan fingerprint density at radius 2 is 1.69 bits per heavy atom. The lowest BCUT2D eigenvalue weighted by Crippen LogP contribution is -2.50. The van der Waals surface area contributed by atoms with Gasteiger partial charge in [-0.05, 0) is 42.0 Å². The van der Waals surface area contributed by atoms with Crippen LogP contribution in [0.4, 0.5) is 11.4 Å². The van der Waals surface area contributed by atoms with Crippen molar-refractivity contribution >= 4 is 38.9 Å². The van der Waals surface area contributed by atoms with E-state index in [-0.39, 0.29) is 13.0 Å². The lowest BCUT2D eigenvalue weighted by Gasteiger charge is -2.37. The molecule has 1 unspecified atom stereocenters. The van der Waals surface area contributed by atoms with Crippen LogP contribution in [-0.4, -0.2) is 76.0 Å². The molecule has 8 nitrogen and oxygen atoms in total. The topological polar surface area (TPSA) is 107 Å². The SMILES string of the molecule is CS(=O)(=O)N(CC(O)CN1CCN(c2ccc(Cl)cc2)CC1)c1ccc(CC(N)=O)cc1. The van der Waals surface area contributed by atoms with Crippen LogP contribution in [0.1, 0.15) is 5.56 Å². The molecule has 1 heterocycles. The summed E-state index contributed by atoms with van der Waals surface area (Å²) < 4.78 is 25.9. The van der Waals surface area contributed by atoms with Crippen LogP contribution in [0.15, 0.2) is 48.5 Å². The van der Waals surface area contributed by atoms with Gasteiger partial charge < -0.3 is 15.7 Å². The van der Waals surface area contributed by atoms with Gasteiger partial charge >= 0.3 is 0 Å². The van der Waals surface area contributed by atoms with Crippen molar-refractivity contribution in [2.45, 2.75) is 12.5 Å². The maximum absolute atomic E-state index is 12.4. The summed E-state index contributed by atoms with van der Waals surface area (Å²) in [5, 5.41) is 11.3. The van der Waals surface area contributed by atoms with E-state index in [1.165, 1.54) is 4.31 Å². The molecule has 2 aromatic carbocycles. The lowest BCUT2D eigenvalue weighted by molar-refractivity contribution is -0.117. The number of amides is 1. The quantitative estimate of drug-likeness (QED) is 0.560. The van der Waals surface area contributed by atoms with E-state index < -0.39 is 22.0 Å². The summed E-state index contributed by atoms with van der Waals surface area (Å²) in [7, 11) is -3.59. The minimum absolute atomic E-state index is 0.0502. The number of hydrogen-bond acceptors (Lipinski definition) is 6. The highest BCUT2D eigenvalue weighted by atomic mass is 35.5. The second kappa shape index (κ2) is 10.5. The van der Waals surface area contributed by atoms with E-state index in [0.717, 1.165) is 38.1 Å². The Labute approximate surface area is 194 Å². The Morgan fingerprint density at radius 1 is 1.09 bits per heavy atom. The molecule has 174 valence electrons. The van der Waals surface area contributed by atoms with Crippen LogP contribution in [-0.2, 0) is 21.2 Å². The fourth-order valence-electron chi connectivity index (χ4n) is 3.80. The van der Waals surface area contributed by atoms with Crippen molar-refractivity contribution in [1.29, 1.82) is 0 Å². The van der Waals surface area contributed by atoms with Gasteiger partial charge in [0.2, 0.25) is 15.9 Å². The molecule has 0 aromatic heterocycles. The van der Waals surface area contributed by atoms with Crippen molar-refractivity contribution in [2.24, 2.45) is 5.73 Å². The van der Waals surface area contributed by atoms with Crippen LogP contribution < -0.4 is 14.9 Å². The molecule has 32 heavy (non-hydrogen) atoms. The molecule has 1 amide bonds. The number of aliphatic hydroxyl groups is 1. The van der Waals surface area contributed by atoms with Gasteiger partial charge in [-0.25, -0.2) is 8.42 Å². The first-order chi connectivity index (χ1) is 15.1. The van der Waals surface area contributed by atoms with Crippen molar-refractivity contribution in [3.8, 4) is 0 Å². The number of anilines is 2. The van der Waals surface area contributed by atoms with Gasteiger partial charge in [-0.1, -0.05) is 23.7 Å². The zero-order chi connectivity index (χ0) is 23.3. The van der Waals surface area contributed by atoms with Crippen molar-refractivity contribution in [2.75, 3.05) is 54.7 Å². The summed E-state index contributed by atoms with van der Waals surface area (Å²) in [5.74, 6) is -0.454. The number of benzene rings is 2. The van der Waals surface area contributed by atoms with E-state index >= 15 is 0 Å². The predicted octanol–water partition coefficient (Wildman–Crippen LogP) is 1.32. The predicted molar refractivity (Wildman–Crippen MR) is 128 cm³/mol. The minimum Gasteiger partial charge on any atom is -0.390 e. The highest BCUT2D eigenvalue weighted by molar-refractivity contribution is 7.92. The highest BCUT2D eigenvalue weighted by Crippen LogP contribution is 2.21. The summed E-state index contributed by atoms with van der Waals surface area (Å²) in [6.45, 7) is 3.48. The molecular formula is C22H29ClN4O4S. The average Bonchev–Trinajstić information content (AvgIpc) is 2.73. The largest absolute Gasteiger partial charge is 0.390 e. The van der Waals surface area contributed by atoms with Crippen LogP contribution in [0.25, 0.3) is 0 Å². The summed E-state index contributed by atoms with van der Waals surface area (Å²) in [6.07, 6.45) is 0.350. The molecule has 1 aliphatic heterocycles. The Bertz CT molecular complexity index is 1010. The maximum atomic E-state index is 12.4. The molecule has 0 radical (unpaired) electrons. The van der Waals surface area contributed by atoms with Gasteiger partial charge in [0, 0.05) is 43.4 Å². The molecule has 0 saturated carbocycles. The first-order valence-corrected chi connectivity index (χ1v) is 12.6. The van der Waals surface area contributed by atoms with Crippen LogP contribution in [0.5, 0.6) is 0 Å². The number of nitrogens with zero attached hydrogens (tertiary/aromatic N) is 3. The van der Waals surface area contributed by atoms with Crippen molar-refractivity contribution < 1.29 is 18.3 Å². The number of sulfonamides is 1. The molecule has 3 rings (SSSR count). The first-order valence-electron chi connectivity index (χ1n) is 10.4. The summed E-state index contributed by atoms with van der Waals surface area (Å²) >= 11 is 5.96. The molecule has 0 bridgehead atoms. The Balaban J connectivity index is 1.57. The van der Waals surface area contributed by atoms with E-state index in [1.54, 1.807) is 24.3 Å². The smallest absolute Gasteiger partial charge is 0.232 e. The Morgan fingerprint density at radius 3 is 2.22 bits per heavy atom. The maximum Gasteiger partial charge on any atom is 0.232 e. The second-order valence-corrected chi connectivity index (χ2v) is 10.4. The van der Waals surface area contributed by atoms with Crippen molar-refractivity contribution in [3.63, 3.8) is 0 Å². The van der Waals surface area contributed by atoms with Crippen LogP contribution in [0, 0.1) is 0 Å². The first kappa shape index (κ1) is 24.3. The molecular weight excluding hydrogens is 452 g/mol. The third-order valence-electron chi connectivity index (χ3n) is 5.41. The van der Waals surface area contributed by atoms with Gasteiger partial charge in [0.1, 0.15) is 0 Å². The van der Waals surface area contributed by atoms with Crippen LogP contribution in [0.2, 0.25) is 5.02 Å². The van der Waals surface area contributed by atoms with Gasteiger partial charge in [0.15, 0.2) is 0 Å². The third kappa shape index (κ3) is 6.83. The number of primary amides is 1. The van der Waals surface area contributed by atoms with Crippen LogP contribution >= 0.6 is 11.6 Å². The molecule has 1 saturated heterocycles. The number of rotatable bonds is 9. The third-order valence-corrected chi connectivity index (χ3v) is 6.83. The molecule has 0 spiro atoms. The number of carbonyl (C=O) groups excluding carboxylic acids is 1. The molecule has 1 atom stereocenters. The highest BCUT2D eigenvalue weighted by Gasteiger charge is 2.24. The lowest BCUT2D eigenvalue weighted by atomic mass is 10.1. The average molecular weight is 481 g/mol. The number of nitrogens with two attached hydrogens (primary N) is 1. The van der Waals surface area contributed by atoms with Gasteiger partial charge in [-0.15, -0.1) is 0 Å². The van der Waals surface area contributed by atoms with Gasteiger partial charge in [-0.2, -0.15) is 0 Å². The van der Waals surface area contributed by atoms with Crippen LogP contribution in [0.3, 0.4) is 0 Å². The van der Waals surface area contributed by atoms with Gasteiger partial charge in [0.25, 0.3) is 0 Å². The Hall–Kier alpha value is -2.33. The molecule has 3 N–H and O–H groups in total. The van der Waals surface area contributed by atoms with E-state index in [2.05, 4.69) is 9.80 Å². The van der Waals surface area contributed by atoms with Crippen molar-refractivity contribution in [3.05, 3.63) is 59.1 Å². The van der Waals surface area contributed by atoms with E-state index in [0.29, 0.717) is 22.8 Å². The zero-order valence-corrected chi connectivity index (χ0v) is 19.6. The molecule has 2 aromatic rings. The molecule has 1 fully saturated rings.